The van der Waals surface area contributed by atoms with Crippen LogP contribution in [0.15, 0.2) is 4.99 Å². The second kappa shape index (κ2) is 9.22. The number of carboxylic acids is 2. The number of aliphatic carboxylic acids is 2. The Bertz CT molecular complexity index is 583. The lowest BCUT2D eigenvalue weighted by Crippen LogP contribution is -2.54. The third-order valence-corrected chi connectivity index (χ3v) is 5.47. The Morgan fingerprint density at radius 1 is 1.23 bits per heavy atom. The van der Waals surface area contributed by atoms with Crippen molar-refractivity contribution in [2.75, 3.05) is 13.2 Å². The molecule has 0 aliphatic carbocycles. The van der Waals surface area contributed by atoms with E-state index in [2.05, 4.69) is 10.3 Å². The van der Waals surface area contributed by atoms with Crippen LogP contribution in [0.1, 0.15) is 33.1 Å². The number of rotatable bonds is 8. The molecule has 0 aromatic heterocycles. The van der Waals surface area contributed by atoms with Crippen molar-refractivity contribution < 1.29 is 34.1 Å². The van der Waals surface area contributed by atoms with E-state index in [1.165, 1.54) is 18.7 Å². The molecule has 2 rings (SSSR count). The first-order valence-electron chi connectivity index (χ1n) is 8.51. The molecule has 0 unspecified atom stereocenters. The van der Waals surface area contributed by atoms with E-state index in [9.17, 15) is 24.6 Å². The van der Waals surface area contributed by atoms with Gasteiger partial charge >= 0.3 is 17.9 Å². The number of nitrogens with zero attached hydrogens (tertiary/aromatic N) is 1. The molecule has 2 aliphatic rings. The minimum Gasteiger partial charge on any atom is -0.481 e. The number of carbonyl (C=O) groups is 3. The highest BCUT2D eigenvalue weighted by Gasteiger charge is 2.51. The lowest BCUT2D eigenvalue weighted by molar-refractivity contribution is -0.163. The normalized spacial score (nSPS) is 31.9. The zero-order valence-corrected chi connectivity index (χ0v) is 15.5. The molecule has 0 saturated carbocycles. The molecular weight excluding hydrogens is 364 g/mol. The number of ether oxygens (including phenoxy) is 2. The molecule has 0 radical (unpaired) electrons. The van der Waals surface area contributed by atoms with E-state index >= 15 is 0 Å². The molecule has 5 atom stereocenters. The van der Waals surface area contributed by atoms with E-state index in [1.807, 2.05) is 6.92 Å². The molecule has 0 bridgehead atoms. The highest BCUT2D eigenvalue weighted by molar-refractivity contribution is 8.14. The van der Waals surface area contributed by atoms with Gasteiger partial charge in [0, 0.05) is 19.4 Å². The van der Waals surface area contributed by atoms with Crippen molar-refractivity contribution in [1.29, 1.82) is 0 Å². The van der Waals surface area contributed by atoms with E-state index in [0.717, 1.165) is 6.42 Å². The van der Waals surface area contributed by atoms with E-state index in [4.69, 9.17) is 9.47 Å². The predicted molar refractivity (Wildman–Crippen MR) is 93.9 cm³/mol. The largest absolute Gasteiger partial charge is 0.481 e. The van der Waals surface area contributed by atoms with Crippen LogP contribution in [-0.2, 0) is 23.9 Å². The Morgan fingerprint density at radius 2 is 1.88 bits per heavy atom. The van der Waals surface area contributed by atoms with Crippen LogP contribution < -0.4 is 5.32 Å². The van der Waals surface area contributed by atoms with Gasteiger partial charge in [0.2, 0.25) is 0 Å². The zero-order valence-electron chi connectivity index (χ0n) is 14.7. The maximum atomic E-state index is 11.4. The van der Waals surface area contributed by atoms with Crippen LogP contribution in [0.5, 0.6) is 0 Å². The molecule has 146 valence electrons. The summed E-state index contributed by atoms with van der Waals surface area (Å²) in [7, 11) is 0. The summed E-state index contributed by atoms with van der Waals surface area (Å²) in [5, 5.41) is 22.4. The highest BCUT2D eigenvalue weighted by Crippen LogP contribution is 2.42. The minimum atomic E-state index is -1.05. The number of esters is 1. The summed E-state index contributed by atoms with van der Waals surface area (Å²) in [6, 6.07) is -0.357. The third-order valence-electron chi connectivity index (χ3n) is 4.36. The van der Waals surface area contributed by atoms with Crippen LogP contribution in [0.4, 0.5) is 0 Å². The fraction of sp³-hybridized carbons (Fsp3) is 0.750. The van der Waals surface area contributed by atoms with Crippen LogP contribution >= 0.6 is 11.8 Å². The minimum absolute atomic E-state index is 0.103. The smallest absolute Gasteiger partial charge is 0.303 e. The number of aliphatic imine (C=N–C) groups is 1. The maximum absolute atomic E-state index is 11.4. The number of amidine groups is 1. The molecule has 0 amide bonds. The summed E-state index contributed by atoms with van der Waals surface area (Å²) in [5.74, 6) is -3.64. The number of thioether (sulfide) groups is 1. The fourth-order valence-corrected chi connectivity index (χ4v) is 4.49. The van der Waals surface area contributed by atoms with Crippen molar-refractivity contribution >= 4 is 34.8 Å². The lowest BCUT2D eigenvalue weighted by Gasteiger charge is -2.42. The summed E-state index contributed by atoms with van der Waals surface area (Å²) in [6.07, 6.45) is -0.272. The molecule has 10 heteroatoms. The number of carboxylic acid groups (broad SMARTS) is 2. The molecular formula is C16H24N2O7S. The van der Waals surface area contributed by atoms with E-state index in [0.29, 0.717) is 11.7 Å². The monoisotopic (exact) mass is 388 g/mol. The molecule has 2 fully saturated rings. The molecule has 0 aromatic rings. The molecule has 26 heavy (non-hydrogen) atoms. The average molecular weight is 388 g/mol. The van der Waals surface area contributed by atoms with Gasteiger partial charge < -0.3 is 25.0 Å². The Kier molecular flexibility index (Phi) is 7.27. The van der Waals surface area contributed by atoms with Crippen molar-refractivity contribution in [2.45, 2.75) is 50.7 Å². The summed E-state index contributed by atoms with van der Waals surface area (Å²) >= 11 is 1.36. The Morgan fingerprint density at radius 3 is 2.46 bits per heavy atom. The number of carbonyl (C=O) groups excluding carboxylic acids is 1. The van der Waals surface area contributed by atoms with Crippen LogP contribution in [0, 0.1) is 11.8 Å². The van der Waals surface area contributed by atoms with Crippen LogP contribution in [0.3, 0.4) is 0 Å². The summed E-state index contributed by atoms with van der Waals surface area (Å²) in [6.45, 7) is 3.79. The van der Waals surface area contributed by atoms with Gasteiger partial charge in [-0.25, -0.2) is 0 Å². The van der Waals surface area contributed by atoms with Gasteiger partial charge in [-0.2, -0.15) is 0 Å². The van der Waals surface area contributed by atoms with Gasteiger partial charge in [0.05, 0.1) is 25.0 Å². The second-order valence-electron chi connectivity index (χ2n) is 6.34. The Labute approximate surface area is 155 Å². The van der Waals surface area contributed by atoms with Gasteiger partial charge in [-0.15, -0.1) is 0 Å². The number of fused-ring (bicyclic) bond motifs is 1. The molecule has 2 heterocycles. The van der Waals surface area contributed by atoms with Gasteiger partial charge in [0.25, 0.3) is 0 Å². The van der Waals surface area contributed by atoms with Crippen LogP contribution in [0.25, 0.3) is 0 Å². The number of nitrogens with one attached hydrogen (secondary N) is 1. The maximum Gasteiger partial charge on any atom is 0.303 e. The Hall–Kier alpha value is -1.81. The second-order valence-corrected chi connectivity index (χ2v) is 7.43. The lowest BCUT2D eigenvalue weighted by atomic mass is 9.76. The SMILES string of the molecule is CCCN=C1N[C@@H]2[C@H](CC(=O)O)[C@H](CC(=O)O)[C@H](COC(C)=O)O[C@@H]2S1. The molecule has 2 aliphatic heterocycles. The van der Waals surface area contributed by atoms with E-state index in [1.54, 1.807) is 0 Å². The van der Waals surface area contributed by atoms with Crippen molar-refractivity contribution in [2.24, 2.45) is 16.8 Å². The van der Waals surface area contributed by atoms with Crippen molar-refractivity contribution in [1.82, 2.24) is 5.32 Å². The zero-order chi connectivity index (χ0) is 19.3. The van der Waals surface area contributed by atoms with E-state index in [-0.39, 0.29) is 25.5 Å². The van der Waals surface area contributed by atoms with Crippen molar-refractivity contribution in [3.8, 4) is 0 Å². The molecule has 9 nitrogen and oxygen atoms in total. The standard InChI is InChI=1S/C16H24N2O7S/c1-3-4-17-16-18-14-10(6-13(22)23)9(5-12(20)21)11(7-24-8(2)19)25-15(14)26-16/h9-11,14-15H,3-7H2,1-2H3,(H,17,18)(H,20,21)(H,22,23)/t9-,10+,11-,14+,15+/m0/s1. The van der Waals surface area contributed by atoms with Crippen LogP contribution in [0.2, 0.25) is 0 Å². The first-order chi connectivity index (χ1) is 12.3. The van der Waals surface area contributed by atoms with E-state index < -0.39 is 41.3 Å². The van der Waals surface area contributed by atoms with Gasteiger partial charge in [-0.05, 0) is 12.3 Å². The quantitative estimate of drug-likeness (QED) is 0.519. The van der Waals surface area contributed by atoms with Gasteiger partial charge in [0.1, 0.15) is 12.0 Å². The van der Waals surface area contributed by atoms with Crippen LogP contribution in [-0.4, -0.2) is 64.0 Å². The molecule has 0 spiro atoms. The van der Waals surface area contributed by atoms with Crippen molar-refractivity contribution in [3.63, 3.8) is 0 Å². The summed E-state index contributed by atoms with van der Waals surface area (Å²) < 4.78 is 11.0. The number of hydrogen-bond donors (Lipinski definition) is 3. The van der Waals surface area contributed by atoms with Gasteiger partial charge in [-0.1, -0.05) is 18.7 Å². The fourth-order valence-electron chi connectivity index (χ4n) is 3.29. The third kappa shape index (κ3) is 5.34. The summed E-state index contributed by atoms with van der Waals surface area (Å²) in [4.78, 5) is 38.2. The van der Waals surface area contributed by atoms with Gasteiger partial charge in [0.15, 0.2) is 5.17 Å². The number of hydrogen-bond acceptors (Lipinski definition) is 7. The first kappa shape index (κ1) is 20.5. The molecule has 0 aromatic carbocycles. The summed E-state index contributed by atoms with van der Waals surface area (Å²) in [5.41, 5.74) is -0.402. The Balaban J connectivity index is 2.26. The molecule has 3 N–H and O–H groups in total. The average Bonchev–Trinajstić information content (AvgIpc) is 2.95. The first-order valence-corrected chi connectivity index (χ1v) is 9.39. The topological polar surface area (TPSA) is 135 Å². The predicted octanol–water partition coefficient (Wildman–Crippen LogP) is 0.927. The highest BCUT2D eigenvalue weighted by atomic mass is 32.2. The molecule has 2 saturated heterocycles. The van der Waals surface area contributed by atoms with Gasteiger partial charge in [-0.3, -0.25) is 19.4 Å². The van der Waals surface area contributed by atoms with Crippen molar-refractivity contribution in [3.05, 3.63) is 0 Å².